The highest BCUT2D eigenvalue weighted by Crippen LogP contribution is 2.21. The van der Waals surface area contributed by atoms with Crippen LogP contribution >= 0.6 is 0 Å². The summed E-state index contributed by atoms with van der Waals surface area (Å²) < 4.78 is 43.2. The van der Waals surface area contributed by atoms with Crippen molar-refractivity contribution in [2.45, 2.75) is 6.42 Å². The third-order valence-electron chi connectivity index (χ3n) is 3.68. The lowest BCUT2D eigenvalue weighted by Gasteiger charge is -2.22. The van der Waals surface area contributed by atoms with Gasteiger partial charge in [-0.25, -0.2) is 12.8 Å². The summed E-state index contributed by atoms with van der Waals surface area (Å²) in [5.41, 5.74) is 1.17. The molecule has 0 spiro atoms. The molecule has 0 aliphatic rings. The summed E-state index contributed by atoms with van der Waals surface area (Å²) in [5.74, 6) is -0.00737. The Balaban J connectivity index is 1.94. The van der Waals surface area contributed by atoms with Crippen molar-refractivity contribution >= 4 is 21.6 Å². The predicted molar refractivity (Wildman–Crippen MR) is 98.3 cm³/mol. The van der Waals surface area contributed by atoms with Crippen LogP contribution in [0.1, 0.15) is 5.56 Å². The minimum atomic E-state index is -3.50. The van der Waals surface area contributed by atoms with Gasteiger partial charge in [-0.3, -0.25) is 9.10 Å². The zero-order valence-corrected chi connectivity index (χ0v) is 15.4. The molecule has 0 saturated carbocycles. The first-order chi connectivity index (χ1) is 12.3. The van der Waals surface area contributed by atoms with Gasteiger partial charge in [0.1, 0.15) is 11.6 Å². The average molecular weight is 380 g/mol. The fraction of sp³-hybridized carbons (Fsp3) is 0.278. The minimum Gasteiger partial charge on any atom is -0.497 e. The van der Waals surface area contributed by atoms with E-state index < -0.39 is 10.0 Å². The van der Waals surface area contributed by atoms with Crippen LogP contribution in [-0.2, 0) is 21.2 Å². The molecule has 8 heteroatoms. The van der Waals surface area contributed by atoms with Crippen LogP contribution in [0.3, 0.4) is 0 Å². The molecule has 1 N–H and O–H groups in total. The van der Waals surface area contributed by atoms with Crippen molar-refractivity contribution in [3.8, 4) is 5.75 Å². The molecule has 0 atom stereocenters. The number of hydrogen-bond donors (Lipinski definition) is 1. The molecule has 1 amide bonds. The van der Waals surface area contributed by atoms with Gasteiger partial charge in [-0.05, 0) is 42.0 Å². The number of anilines is 1. The molecule has 6 nitrogen and oxygen atoms in total. The highest BCUT2D eigenvalue weighted by Gasteiger charge is 2.17. The lowest BCUT2D eigenvalue weighted by atomic mass is 10.1. The van der Waals surface area contributed by atoms with Crippen LogP contribution in [-0.4, -0.2) is 40.8 Å². The van der Waals surface area contributed by atoms with Crippen molar-refractivity contribution in [1.29, 1.82) is 0 Å². The van der Waals surface area contributed by atoms with Crippen LogP contribution in [0, 0.1) is 5.82 Å². The number of ether oxygens (including phenoxy) is 1. The predicted octanol–water partition coefficient (Wildman–Crippen LogP) is 1.96. The molecule has 0 aliphatic heterocycles. The molecule has 2 aromatic carbocycles. The van der Waals surface area contributed by atoms with Crippen molar-refractivity contribution in [3.63, 3.8) is 0 Å². The van der Waals surface area contributed by atoms with Gasteiger partial charge in [0.05, 0.1) is 32.0 Å². The number of amides is 1. The quantitative estimate of drug-likeness (QED) is 0.760. The van der Waals surface area contributed by atoms with E-state index in [9.17, 15) is 17.6 Å². The monoisotopic (exact) mass is 380 g/mol. The SMILES string of the molecule is COc1ccc(N(CCNC(=O)Cc2ccc(F)cc2)S(C)(=O)=O)cc1. The zero-order valence-electron chi connectivity index (χ0n) is 14.6. The van der Waals surface area contributed by atoms with Crippen molar-refractivity contribution in [2.75, 3.05) is 30.8 Å². The lowest BCUT2D eigenvalue weighted by Crippen LogP contribution is -2.38. The van der Waals surface area contributed by atoms with Gasteiger partial charge in [0.2, 0.25) is 15.9 Å². The number of nitrogens with zero attached hydrogens (tertiary/aromatic N) is 1. The van der Waals surface area contributed by atoms with Gasteiger partial charge in [0.25, 0.3) is 0 Å². The van der Waals surface area contributed by atoms with E-state index in [4.69, 9.17) is 4.74 Å². The molecular weight excluding hydrogens is 359 g/mol. The van der Waals surface area contributed by atoms with Gasteiger partial charge in [-0.2, -0.15) is 0 Å². The van der Waals surface area contributed by atoms with Crippen LogP contribution in [0.5, 0.6) is 5.75 Å². The van der Waals surface area contributed by atoms with Crippen LogP contribution < -0.4 is 14.4 Å². The zero-order chi connectivity index (χ0) is 19.2. The summed E-state index contributed by atoms with van der Waals surface area (Å²) in [6.07, 6.45) is 1.21. The summed E-state index contributed by atoms with van der Waals surface area (Å²) in [7, 11) is -1.97. The summed E-state index contributed by atoms with van der Waals surface area (Å²) in [4.78, 5) is 12.0. The minimum absolute atomic E-state index is 0.0975. The standard InChI is InChI=1S/C18H21FN2O4S/c1-25-17-9-7-16(8-10-17)21(26(2,23)24)12-11-20-18(22)13-14-3-5-15(19)6-4-14/h3-10H,11-13H2,1-2H3,(H,20,22). The molecule has 0 aromatic heterocycles. The van der Waals surface area contributed by atoms with Gasteiger partial charge in [0.15, 0.2) is 0 Å². The molecule has 140 valence electrons. The van der Waals surface area contributed by atoms with E-state index in [1.165, 1.54) is 35.7 Å². The second kappa shape index (κ2) is 8.66. The third-order valence-corrected chi connectivity index (χ3v) is 4.87. The van der Waals surface area contributed by atoms with E-state index in [0.717, 1.165) is 6.26 Å². The van der Waals surface area contributed by atoms with Crippen LogP contribution in [0.15, 0.2) is 48.5 Å². The first kappa shape index (κ1) is 19.7. The molecule has 26 heavy (non-hydrogen) atoms. The molecule has 0 heterocycles. The molecule has 2 aromatic rings. The van der Waals surface area contributed by atoms with Crippen LogP contribution in [0.25, 0.3) is 0 Å². The number of nitrogens with one attached hydrogen (secondary N) is 1. The normalized spacial score (nSPS) is 11.0. The summed E-state index contributed by atoms with van der Waals surface area (Å²) >= 11 is 0. The molecule has 0 fully saturated rings. The lowest BCUT2D eigenvalue weighted by molar-refractivity contribution is -0.120. The van der Waals surface area contributed by atoms with E-state index in [0.29, 0.717) is 17.0 Å². The number of sulfonamides is 1. The van der Waals surface area contributed by atoms with Gasteiger partial charge < -0.3 is 10.1 Å². The molecule has 0 radical (unpaired) electrons. The summed E-state index contributed by atoms with van der Waals surface area (Å²) in [6.45, 7) is 0.249. The largest absolute Gasteiger partial charge is 0.497 e. The number of halogens is 1. The fourth-order valence-corrected chi connectivity index (χ4v) is 3.31. The maximum absolute atomic E-state index is 12.9. The van der Waals surface area contributed by atoms with Gasteiger partial charge >= 0.3 is 0 Å². The summed E-state index contributed by atoms with van der Waals surface area (Å²) in [6, 6.07) is 12.3. The Bertz CT molecular complexity index is 836. The Kier molecular flexibility index (Phi) is 6.57. The number of hydrogen-bond acceptors (Lipinski definition) is 4. The molecule has 0 aliphatic carbocycles. The number of methoxy groups -OCH3 is 1. The molecule has 0 saturated heterocycles. The highest BCUT2D eigenvalue weighted by molar-refractivity contribution is 7.92. The number of carbonyl (C=O) groups is 1. The number of benzene rings is 2. The molecular formula is C18H21FN2O4S. The second-order valence-electron chi connectivity index (χ2n) is 5.69. The first-order valence-corrected chi connectivity index (χ1v) is 9.77. The maximum atomic E-state index is 12.9. The Morgan fingerprint density at radius 1 is 1.12 bits per heavy atom. The maximum Gasteiger partial charge on any atom is 0.232 e. The van der Waals surface area contributed by atoms with E-state index in [1.807, 2.05) is 0 Å². The molecule has 0 bridgehead atoms. The van der Waals surface area contributed by atoms with Crippen molar-refractivity contribution in [2.24, 2.45) is 0 Å². The molecule has 0 unspecified atom stereocenters. The van der Waals surface area contributed by atoms with E-state index in [2.05, 4.69) is 5.32 Å². The van der Waals surface area contributed by atoms with Crippen molar-refractivity contribution in [3.05, 3.63) is 59.9 Å². The Hall–Kier alpha value is -2.61. The van der Waals surface area contributed by atoms with Crippen molar-refractivity contribution < 1.29 is 22.3 Å². The second-order valence-corrected chi connectivity index (χ2v) is 7.59. The van der Waals surface area contributed by atoms with E-state index in [1.54, 1.807) is 24.3 Å². The highest BCUT2D eigenvalue weighted by atomic mass is 32.2. The fourth-order valence-electron chi connectivity index (χ4n) is 2.38. The van der Waals surface area contributed by atoms with Crippen LogP contribution in [0.4, 0.5) is 10.1 Å². The van der Waals surface area contributed by atoms with E-state index in [-0.39, 0.29) is 31.2 Å². The van der Waals surface area contributed by atoms with E-state index >= 15 is 0 Å². The van der Waals surface area contributed by atoms with Gasteiger partial charge in [0, 0.05) is 6.54 Å². The third kappa shape index (κ3) is 5.73. The van der Waals surface area contributed by atoms with Crippen LogP contribution in [0.2, 0.25) is 0 Å². The van der Waals surface area contributed by atoms with Crippen molar-refractivity contribution in [1.82, 2.24) is 5.32 Å². The Morgan fingerprint density at radius 3 is 2.27 bits per heavy atom. The smallest absolute Gasteiger partial charge is 0.232 e. The number of carbonyl (C=O) groups excluding carboxylic acids is 1. The topological polar surface area (TPSA) is 75.7 Å². The van der Waals surface area contributed by atoms with Gasteiger partial charge in [-0.1, -0.05) is 12.1 Å². The average Bonchev–Trinajstić information content (AvgIpc) is 2.60. The Morgan fingerprint density at radius 2 is 1.73 bits per heavy atom. The molecule has 2 rings (SSSR count). The number of rotatable bonds is 8. The van der Waals surface area contributed by atoms with Gasteiger partial charge in [-0.15, -0.1) is 0 Å². The Labute approximate surface area is 152 Å². The summed E-state index contributed by atoms with van der Waals surface area (Å²) in [5, 5.41) is 2.68. The first-order valence-electron chi connectivity index (χ1n) is 7.92.